The zero-order valence-corrected chi connectivity index (χ0v) is 21.3. The Morgan fingerprint density at radius 2 is 1.00 bits per heavy atom. The Morgan fingerprint density at radius 3 is 1.47 bits per heavy atom. The molecule has 3 aromatic rings. The summed E-state index contributed by atoms with van der Waals surface area (Å²) in [5, 5.41) is 0. The van der Waals surface area contributed by atoms with Crippen LogP contribution in [0.3, 0.4) is 0 Å². The molecule has 0 N–H and O–H groups in total. The van der Waals surface area contributed by atoms with Gasteiger partial charge < -0.3 is 9.47 Å². The lowest BCUT2D eigenvalue weighted by Crippen LogP contribution is -2.36. The highest BCUT2D eigenvalue weighted by Gasteiger charge is 2.35. The first-order valence-electron chi connectivity index (χ1n) is 13.0. The number of hydrogen-bond donors (Lipinski definition) is 0. The van der Waals surface area contributed by atoms with Crippen LogP contribution < -0.4 is 9.47 Å². The number of benzene rings is 3. The van der Waals surface area contributed by atoms with E-state index < -0.39 is 0 Å². The summed E-state index contributed by atoms with van der Waals surface area (Å²) in [5.41, 5.74) is 4.89. The van der Waals surface area contributed by atoms with Crippen LogP contribution >= 0.6 is 0 Å². The second kappa shape index (κ2) is 10.2. The summed E-state index contributed by atoms with van der Waals surface area (Å²) in [6.07, 6.45) is 0. The maximum Gasteiger partial charge on any atom is 0.124 e. The van der Waals surface area contributed by atoms with E-state index in [0.29, 0.717) is 25.3 Å². The minimum atomic E-state index is 0.323. The van der Waals surface area contributed by atoms with Gasteiger partial charge in [-0.3, -0.25) is 19.6 Å². The summed E-state index contributed by atoms with van der Waals surface area (Å²) in [6.45, 7) is 7.04. The number of para-hydroxylation sites is 2. The maximum absolute atomic E-state index is 6.49. The molecule has 6 nitrogen and oxygen atoms in total. The average Bonchev–Trinajstić information content (AvgIpc) is 3.46. The lowest BCUT2D eigenvalue weighted by molar-refractivity contribution is 0.165. The van der Waals surface area contributed by atoms with E-state index in [9.17, 15) is 0 Å². The molecule has 3 aliphatic heterocycles. The van der Waals surface area contributed by atoms with Gasteiger partial charge in [-0.15, -0.1) is 0 Å². The predicted octanol–water partition coefficient (Wildman–Crippen LogP) is 4.35. The topological polar surface area (TPSA) is 31.4 Å². The average molecular weight is 485 g/mol. The first-order chi connectivity index (χ1) is 17.7. The second-order valence-corrected chi connectivity index (χ2v) is 10.4. The van der Waals surface area contributed by atoms with Gasteiger partial charge in [0.1, 0.15) is 24.7 Å². The molecular weight excluding hydrogens is 448 g/mol. The van der Waals surface area contributed by atoms with Crippen molar-refractivity contribution in [2.75, 3.05) is 53.6 Å². The quantitative estimate of drug-likeness (QED) is 0.472. The van der Waals surface area contributed by atoms with Crippen LogP contribution in [-0.2, 0) is 13.2 Å². The van der Waals surface area contributed by atoms with Gasteiger partial charge in [0.05, 0.1) is 25.4 Å². The van der Waals surface area contributed by atoms with Gasteiger partial charge in [-0.25, -0.2) is 0 Å². The summed E-state index contributed by atoms with van der Waals surface area (Å²) in [5.74, 6) is 1.96. The number of ether oxygens (including phenoxy) is 2. The highest BCUT2D eigenvalue weighted by Crippen LogP contribution is 2.37. The lowest BCUT2D eigenvalue weighted by Gasteiger charge is -2.30. The molecule has 2 saturated heterocycles. The first kappa shape index (κ1) is 23.5. The number of likely N-dealkylation sites (N-methyl/N-ethyl adjacent to an activating group) is 2. The van der Waals surface area contributed by atoms with E-state index in [1.54, 1.807) is 0 Å². The summed E-state index contributed by atoms with van der Waals surface area (Å²) in [4.78, 5) is 10.1. The standard InChI is InChI=1S/C30H36N4O2/c1-31-17-27-25-11-5-7-13-29(25)35-19-23-9-3-4-10-24(23)20-36-30-14-8-6-12-26(30)28-18-32(2)22-34(28)16-15-33(27)21-31/h3-14,27-28H,15-22H2,1-2H3. The molecule has 2 atom stereocenters. The van der Waals surface area contributed by atoms with Crippen LogP contribution in [0.4, 0.5) is 0 Å². The molecule has 0 saturated carbocycles. The van der Waals surface area contributed by atoms with Crippen LogP contribution in [0.15, 0.2) is 72.8 Å². The van der Waals surface area contributed by atoms with Crippen molar-refractivity contribution in [3.8, 4) is 11.5 Å². The van der Waals surface area contributed by atoms with Gasteiger partial charge in [0.15, 0.2) is 0 Å². The van der Waals surface area contributed by atoms with Gasteiger partial charge in [0, 0.05) is 37.3 Å². The van der Waals surface area contributed by atoms with E-state index >= 15 is 0 Å². The van der Waals surface area contributed by atoms with Crippen molar-refractivity contribution in [2.24, 2.45) is 0 Å². The molecule has 0 aromatic heterocycles. The minimum absolute atomic E-state index is 0.323. The van der Waals surface area contributed by atoms with E-state index in [4.69, 9.17) is 9.47 Å². The molecule has 0 bridgehead atoms. The summed E-state index contributed by atoms with van der Waals surface area (Å²) < 4.78 is 13.0. The van der Waals surface area contributed by atoms with Crippen molar-refractivity contribution in [1.29, 1.82) is 0 Å². The highest BCUT2D eigenvalue weighted by atomic mass is 16.5. The smallest absolute Gasteiger partial charge is 0.124 e. The molecule has 36 heavy (non-hydrogen) atoms. The third-order valence-corrected chi connectivity index (χ3v) is 7.81. The van der Waals surface area contributed by atoms with E-state index in [2.05, 4.69) is 106 Å². The third kappa shape index (κ3) is 4.74. The van der Waals surface area contributed by atoms with Crippen LogP contribution in [0.25, 0.3) is 0 Å². The predicted molar refractivity (Wildman–Crippen MR) is 142 cm³/mol. The summed E-state index contributed by atoms with van der Waals surface area (Å²) >= 11 is 0. The Hall–Kier alpha value is -2.90. The number of fused-ring (bicyclic) bond motifs is 7. The van der Waals surface area contributed by atoms with Gasteiger partial charge in [0.25, 0.3) is 0 Å². The molecule has 6 rings (SSSR count). The minimum Gasteiger partial charge on any atom is -0.489 e. The number of nitrogens with zero attached hydrogens (tertiary/aromatic N) is 4. The zero-order chi connectivity index (χ0) is 24.5. The van der Waals surface area contributed by atoms with E-state index in [1.165, 1.54) is 22.3 Å². The van der Waals surface area contributed by atoms with Gasteiger partial charge >= 0.3 is 0 Å². The van der Waals surface area contributed by atoms with E-state index in [0.717, 1.165) is 51.0 Å². The monoisotopic (exact) mass is 484 g/mol. The Labute approximate surface area is 214 Å². The molecule has 3 heterocycles. The van der Waals surface area contributed by atoms with Gasteiger partial charge in [-0.1, -0.05) is 60.7 Å². The lowest BCUT2D eigenvalue weighted by atomic mass is 10.0. The zero-order valence-electron chi connectivity index (χ0n) is 21.3. The fourth-order valence-corrected chi connectivity index (χ4v) is 5.98. The van der Waals surface area contributed by atoms with Gasteiger partial charge in [0.2, 0.25) is 0 Å². The van der Waals surface area contributed by atoms with Crippen LogP contribution in [0.5, 0.6) is 11.5 Å². The molecule has 0 aliphatic carbocycles. The van der Waals surface area contributed by atoms with E-state index in [-0.39, 0.29) is 0 Å². The Morgan fingerprint density at radius 1 is 0.583 bits per heavy atom. The Balaban J connectivity index is 1.39. The SMILES string of the molecule is CN1CC2c3ccccc3OCc3ccccc3COc3ccccc3C3CN(C)CN3CCN2C1. The Bertz CT molecular complexity index is 1110. The van der Waals surface area contributed by atoms with Crippen molar-refractivity contribution in [2.45, 2.75) is 25.3 Å². The molecule has 6 heteroatoms. The molecule has 0 radical (unpaired) electrons. The van der Waals surface area contributed by atoms with Gasteiger partial charge in [-0.2, -0.15) is 0 Å². The summed E-state index contributed by atoms with van der Waals surface area (Å²) in [6, 6.07) is 26.3. The van der Waals surface area contributed by atoms with Crippen molar-refractivity contribution in [1.82, 2.24) is 19.6 Å². The van der Waals surface area contributed by atoms with Crippen molar-refractivity contribution < 1.29 is 9.47 Å². The molecule has 3 aliphatic rings. The van der Waals surface area contributed by atoms with Gasteiger partial charge in [-0.05, 0) is 37.4 Å². The molecule has 0 amide bonds. The normalized spacial score (nSPS) is 24.1. The maximum atomic E-state index is 6.49. The molecular formula is C30H36N4O2. The van der Waals surface area contributed by atoms with Crippen LogP contribution in [0, 0.1) is 0 Å². The second-order valence-electron chi connectivity index (χ2n) is 10.4. The fraction of sp³-hybridized carbons (Fsp3) is 0.400. The largest absolute Gasteiger partial charge is 0.489 e. The molecule has 3 aromatic carbocycles. The molecule has 2 unspecified atom stereocenters. The van der Waals surface area contributed by atoms with Crippen LogP contribution in [0.1, 0.15) is 34.3 Å². The van der Waals surface area contributed by atoms with Crippen molar-refractivity contribution in [3.05, 3.63) is 95.1 Å². The highest BCUT2D eigenvalue weighted by molar-refractivity contribution is 5.39. The number of rotatable bonds is 0. The molecule has 188 valence electrons. The van der Waals surface area contributed by atoms with E-state index in [1.807, 2.05) is 0 Å². The third-order valence-electron chi connectivity index (χ3n) is 7.81. The Kier molecular flexibility index (Phi) is 6.67. The molecule has 0 spiro atoms. The fourth-order valence-electron chi connectivity index (χ4n) is 5.98. The van der Waals surface area contributed by atoms with Crippen LogP contribution in [-0.4, -0.2) is 73.2 Å². The van der Waals surface area contributed by atoms with Crippen LogP contribution in [0.2, 0.25) is 0 Å². The molecule has 2 fully saturated rings. The van der Waals surface area contributed by atoms with Crippen molar-refractivity contribution in [3.63, 3.8) is 0 Å². The number of hydrogen-bond acceptors (Lipinski definition) is 6. The van der Waals surface area contributed by atoms with Crippen molar-refractivity contribution >= 4 is 0 Å². The summed E-state index contributed by atoms with van der Waals surface area (Å²) in [7, 11) is 4.43. The first-order valence-corrected chi connectivity index (χ1v) is 13.0.